The Morgan fingerprint density at radius 2 is 1.49 bits per heavy atom. The van der Waals surface area contributed by atoms with Gasteiger partial charge in [-0.2, -0.15) is 0 Å². The van der Waals surface area contributed by atoms with Gasteiger partial charge in [-0.25, -0.2) is 9.59 Å². The molecule has 3 N–H and O–H groups in total. The van der Waals surface area contributed by atoms with Crippen molar-refractivity contribution in [3.8, 4) is 5.75 Å². The summed E-state index contributed by atoms with van der Waals surface area (Å²) in [5.41, 5.74) is -0.463. The van der Waals surface area contributed by atoms with E-state index in [-0.39, 0.29) is 18.1 Å². The molecule has 0 aliphatic heterocycles. The smallest absolute Gasteiger partial charge is 0.408 e. The van der Waals surface area contributed by atoms with Gasteiger partial charge in [0.05, 0.1) is 0 Å². The molecule has 0 heterocycles. The highest BCUT2D eigenvalue weighted by Crippen LogP contribution is 2.26. The number of rotatable bonds is 11. The second-order valence-electron chi connectivity index (χ2n) is 12.7. The van der Waals surface area contributed by atoms with E-state index < -0.39 is 53.2 Å². The molecule has 0 spiro atoms. The summed E-state index contributed by atoms with van der Waals surface area (Å²) in [6, 6.07) is 11.8. The van der Waals surface area contributed by atoms with Crippen LogP contribution < -0.4 is 10.6 Å². The topological polar surface area (TPSA) is 134 Å². The molecule has 2 aromatic carbocycles. The number of hydrogen-bond donors (Lipinski definition) is 3. The van der Waals surface area contributed by atoms with Gasteiger partial charge in [0.2, 0.25) is 11.8 Å². The number of phenols is 1. The van der Waals surface area contributed by atoms with Gasteiger partial charge >= 0.3 is 12.1 Å². The summed E-state index contributed by atoms with van der Waals surface area (Å²) >= 11 is 0. The largest absolute Gasteiger partial charge is 0.508 e. The van der Waals surface area contributed by atoms with Crippen molar-refractivity contribution in [3.05, 3.63) is 65.7 Å². The number of likely N-dealkylation sites (N-methyl/N-ethyl adjacent to an activating group) is 1. The van der Waals surface area contributed by atoms with E-state index in [2.05, 4.69) is 10.6 Å². The fraction of sp³-hybridized carbons (Fsp3) is 0.515. The quantitative estimate of drug-likeness (QED) is 0.314. The molecule has 0 bridgehead atoms. The van der Waals surface area contributed by atoms with E-state index >= 15 is 0 Å². The molecule has 0 fully saturated rings. The number of amides is 3. The van der Waals surface area contributed by atoms with Crippen LogP contribution in [0.3, 0.4) is 0 Å². The second kappa shape index (κ2) is 14.9. The normalized spacial score (nSPS) is 14.4. The molecule has 0 saturated heterocycles. The lowest BCUT2D eigenvalue weighted by Crippen LogP contribution is -2.55. The molecule has 43 heavy (non-hydrogen) atoms. The molecule has 0 radical (unpaired) electrons. The monoisotopic (exact) mass is 597 g/mol. The zero-order valence-corrected chi connectivity index (χ0v) is 26.8. The standard InChI is InChI=1S/C33H47N3O7/c1-10-21(2)26(35-31(41)43-33(6,7)8)29(39)36(9)27(23-17-14-18-24(37)20-23)28(38)34-25(30(40)42-32(3,4)5)19-22-15-12-11-13-16-22/h11-18,20-21,25-27,37H,10,19H2,1-9H3,(H,34,38)(H,35,41). The average molecular weight is 598 g/mol. The fourth-order valence-electron chi connectivity index (χ4n) is 4.38. The number of alkyl carbamates (subject to hydrolysis) is 1. The van der Waals surface area contributed by atoms with Gasteiger partial charge in [0.15, 0.2) is 0 Å². The minimum Gasteiger partial charge on any atom is -0.508 e. The number of carbonyl (C=O) groups excluding carboxylic acids is 4. The van der Waals surface area contributed by atoms with Crippen LogP contribution in [0.2, 0.25) is 0 Å². The first-order valence-corrected chi connectivity index (χ1v) is 14.5. The SMILES string of the molecule is CCC(C)C(NC(=O)OC(C)(C)C)C(=O)N(C)C(C(=O)NC(Cc1ccccc1)C(=O)OC(C)(C)C)c1cccc(O)c1. The Morgan fingerprint density at radius 3 is 2.02 bits per heavy atom. The zero-order chi connectivity index (χ0) is 32.5. The van der Waals surface area contributed by atoms with Crippen molar-refractivity contribution in [2.45, 2.75) is 97.6 Å². The van der Waals surface area contributed by atoms with E-state index in [1.807, 2.05) is 44.2 Å². The number of carbonyl (C=O) groups is 4. The highest BCUT2D eigenvalue weighted by Gasteiger charge is 2.38. The molecule has 2 rings (SSSR count). The number of nitrogens with zero attached hydrogens (tertiary/aromatic N) is 1. The van der Waals surface area contributed by atoms with Gasteiger partial charge in [-0.05, 0) is 70.7 Å². The molecule has 0 saturated carbocycles. The third-order valence-electron chi connectivity index (χ3n) is 6.61. The number of hydrogen-bond acceptors (Lipinski definition) is 7. The molecule has 3 amide bonds. The molecule has 0 aromatic heterocycles. The Balaban J connectivity index is 2.48. The van der Waals surface area contributed by atoms with Gasteiger partial charge < -0.3 is 30.1 Å². The Morgan fingerprint density at radius 1 is 0.884 bits per heavy atom. The number of esters is 1. The highest BCUT2D eigenvalue weighted by molar-refractivity contribution is 5.94. The third-order valence-corrected chi connectivity index (χ3v) is 6.61. The minimum atomic E-state index is -1.26. The van der Waals surface area contributed by atoms with Gasteiger partial charge in [0, 0.05) is 13.5 Å². The predicted molar refractivity (Wildman–Crippen MR) is 164 cm³/mol. The van der Waals surface area contributed by atoms with Crippen LogP contribution in [0.5, 0.6) is 5.75 Å². The van der Waals surface area contributed by atoms with Crippen LogP contribution >= 0.6 is 0 Å². The van der Waals surface area contributed by atoms with Crippen LogP contribution in [0.1, 0.15) is 79.0 Å². The Bertz CT molecular complexity index is 1250. The summed E-state index contributed by atoms with van der Waals surface area (Å²) in [6.07, 6.45) is -0.0478. The molecule has 10 nitrogen and oxygen atoms in total. The van der Waals surface area contributed by atoms with E-state index in [1.54, 1.807) is 53.7 Å². The molecular formula is C33H47N3O7. The van der Waals surface area contributed by atoms with Gasteiger partial charge in [-0.3, -0.25) is 9.59 Å². The van der Waals surface area contributed by atoms with Gasteiger partial charge in [-0.1, -0.05) is 62.7 Å². The zero-order valence-electron chi connectivity index (χ0n) is 26.8. The van der Waals surface area contributed by atoms with Gasteiger partial charge in [0.1, 0.15) is 35.1 Å². The summed E-state index contributed by atoms with van der Waals surface area (Å²) in [7, 11) is 1.45. The van der Waals surface area contributed by atoms with Gasteiger partial charge in [0.25, 0.3) is 0 Å². The molecular weight excluding hydrogens is 550 g/mol. The first kappa shape index (κ1) is 35.1. The Labute approximate surface area is 255 Å². The maximum absolute atomic E-state index is 14.0. The van der Waals surface area contributed by atoms with E-state index in [9.17, 15) is 24.3 Å². The van der Waals surface area contributed by atoms with E-state index in [4.69, 9.17) is 9.47 Å². The molecule has 236 valence electrons. The lowest BCUT2D eigenvalue weighted by molar-refractivity contribution is -0.159. The number of ether oxygens (including phenoxy) is 2. The summed E-state index contributed by atoms with van der Waals surface area (Å²) in [4.78, 5) is 55.2. The average Bonchev–Trinajstić information content (AvgIpc) is 2.89. The van der Waals surface area contributed by atoms with Crippen molar-refractivity contribution in [1.82, 2.24) is 15.5 Å². The van der Waals surface area contributed by atoms with Gasteiger partial charge in [-0.15, -0.1) is 0 Å². The first-order chi connectivity index (χ1) is 19.9. The Kier molecular flexibility index (Phi) is 12.2. The molecule has 4 unspecified atom stereocenters. The summed E-state index contributed by atoms with van der Waals surface area (Å²) in [5, 5.41) is 15.7. The van der Waals surface area contributed by atoms with Crippen LogP contribution in [-0.4, -0.2) is 64.2 Å². The van der Waals surface area contributed by atoms with Crippen molar-refractivity contribution < 1.29 is 33.8 Å². The van der Waals surface area contributed by atoms with Crippen LogP contribution in [-0.2, 0) is 30.3 Å². The van der Waals surface area contributed by atoms with Crippen molar-refractivity contribution in [2.75, 3.05) is 7.05 Å². The van der Waals surface area contributed by atoms with Crippen molar-refractivity contribution >= 4 is 23.9 Å². The third kappa shape index (κ3) is 11.3. The molecule has 10 heteroatoms. The van der Waals surface area contributed by atoms with Crippen LogP contribution in [0.15, 0.2) is 54.6 Å². The highest BCUT2D eigenvalue weighted by atomic mass is 16.6. The van der Waals surface area contributed by atoms with Crippen LogP contribution in [0, 0.1) is 5.92 Å². The second-order valence-corrected chi connectivity index (χ2v) is 12.7. The number of nitrogens with one attached hydrogen (secondary N) is 2. The first-order valence-electron chi connectivity index (χ1n) is 14.5. The fourth-order valence-corrected chi connectivity index (χ4v) is 4.38. The molecule has 0 aliphatic carbocycles. The molecule has 2 aromatic rings. The van der Waals surface area contributed by atoms with Crippen molar-refractivity contribution in [1.29, 1.82) is 0 Å². The number of aromatic hydroxyl groups is 1. The maximum Gasteiger partial charge on any atom is 0.408 e. The van der Waals surface area contributed by atoms with E-state index in [0.29, 0.717) is 12.0 Å². The molecule has 4 atom stereocenters. The Hall–Kier alpha value is -4.08. The van der Waals surface area contributed by atoms with E-state index in [0.717, 1.165) is 5.56 Å². The van der Waals surface area contributed by atoms with E-state index in [1.165, 1.54) is 24.1 Å². The minimum absolute atomic E-state index is 0.102. The predicted octanol–water partition coefficient (Wildman–Crippen LogP) is 4.90. The van der Waals surface area contributed by atoms with Crippen molar-refractivity contribution in [3.63, 3.8) is 0 Å². The van der Waals surface area contributed by atoms with Crippen LogP contribution in [0.25, 0.3) is 0 Å². The number of benzene rings is 2. The lowest BCUT2D eigenvalue weighted by Gasteiger charge is -2.34. The summed E-state index contributed by atoms with van der Waals surface area (Å²) in [6.45, 7) is 14.1. The van der Waals surface area contributed by atoms with Crippen LogP contribution in [0.4, 0.5) is 4.79 Å². The molecule has 0 aliphatic rings. The summed E-state index contributed by atoms with van der Waals surface area (Å²) < 4.78 is 11.0. The van der Waals surface area contributed by atoms with Crippen molar-refractivity contribution in [2.24, 2.45) is 5.92 Å². The maximum atomic E-state index is 14.0. The lowest BCUT2D eigenvalue weighted by atomic mass is 9.96. The summed E-state index contributed by atoms with van der Waals surface area (Å²) in [5.74, 6) is -2.23. The number of phenolic OH excluding ortho intramolecular Hbond substituents is 1.